The summed E-state index contributed by atoms with van der Waals surface area (Å²) < 4.78 is 10.4. The highest BCUT2D eigenvalue weighted by Gasteiger charge is 2.20. The van der Waals surface area contributed by atoms with E-state index in [1.54, 1.807) is 18.6 Å². The molecule has 1 atom stereocenters. The maximum Gasteiger partial charge on any atom is 0.246 e. The summed E-state index contributed by atoms with van der Waals surface area (Å²) in [5.74, 6) is 0.996. The highest BCUT2D eigenvalue weighted by atomic mass is 16.5. The Morgan fingerprint density at radius 1 is 1.22 bits per heavy atom. The highest BCUT2D eigenvalue weighted by molar-refractivity contribution is 5.52. The molecule has 0 bridgehead atoms. The quantitative estimate of drug-likeness (QED) is 0.722. The molecule has 2 heterocycles. The molecule has 0 amide bonds. The Labute approximate surface area is 134 Å². The SMILES string of the molecule is CCC(CO)N(Cc1nc(-c2ccoc2)no1)c1ccccc1. The number of nitrogens with zero attached hydrogens (tertiary/aromatic N) is 3. The summed E-state index contributed by atoms with van der Waals surface area (Å²) >= 11 is 0. The molecule has 0 radical (unpaired) electrons. The van der Waals surface area contributed by atoms with Crippen molar-refractivity contribution in [1.29, 1.82) is 0 Å². The topological polar surface area (TPSA) is 75.5 Å². The van der Waals surface area contributed by atoms with Crippen molar-refractivity contribution in [2.24, 2.45) is 0 Å². The highest BCUT2D eigenvalue weighted by Crippen LogP contribution is 2.22. The van der Waals surface area contributed by atoms with E-state index in [1.165, 1.54) is 0 Å². The van der Waals surface area contributed by atoms with Crippen LogP contribution in [0.4, 0.5) is 5.69 Å². The standard InChI is InChI=1S/C17H19N3O3/c1-2-14(11-21)20(15-6-4-3-5-7-15)10-16-18-17(19-23-16)13-8-9-22-12-13/h3-9,12,14,21H,2,10-11H2,1H3. The molecule has 0 aliphatic carbocycles. The molecule has 2 aromatic heterocycles. The summed E-state index contributed by atoms with van der Waals surface area (Å²) in [6.45, 7) is 2.55. The first-order chi connectivity index (χ1) is 11.3. The molecule has 0 fully saturated rings. The predicted molar refractivity (Wildman–Crippen MR) is 85.8 cm³/mol. The third-order valence-corrected chi connectivity index (χ3v) is 3.76. The normalized spacial score (nSPS) is 12.3. The zero-order valence-corrected chi connectivity index (χ0v) is 12.9. The number of anilines is 1. The van der Waals surface area contributed by atoms with Gasteiger partial charge in [0, 0.05) is 5.69 Å². The number of rotatable bonds is 7. The summed E-state index contributed by atoms with van der Waals surface area (Å²) in [6, 6.07) is 11.7. The molecule has 6 heteroatoms. The zero-order valence-electron chi connectivity index (χ0n) is 12.9. The molecule has 6 nitrogen and oxygen atoms in total. The smallest absolute Gasteiger partial charge is 0.246 e. The van der Waals surface area contributed by atoms with Gasteiger partial charge in [-0.1, -0.05) is 30.3 Å². The molecule has 3 rings (SSSR count). The van der Waals surface area contributed by atoms with Gasteiger partial charge in [-0.25, -0.2) is 0 Å². The van der Waals surface area contributed by atoms with E-state index in [9.17, 15) is 5.11 Å². The van der Waals surface area contributed by atoms with E-state index < -0.39 is 0 Å². The third-order valence-electron chi connectivity index (χ3n) is 3.76. The van der Waals surface area contributed by atoms with Gasteiger partial charge in [0.25, 0.3) is 0 Å². The van der Waals surface area contributed by atoms with E-state index >= 15 is 0 Å². The van der Waals surface area contributed by atoms with Crippen molar-refractivity contribution in [3.05, 3.63) is 54.8 Å². The van der Waals surface area contributed by atoms with Crippen LogP contribution in [0.25, 0.3) is 11.4 Å². The van der Waals surface area contributed by atoms with E-state index in [0.29, 0.717) is 18.3 Å². The number of furan rings is 1. The minimum atomic E-state index is -0.0123. The van der Waals surface area contributed by atoms with Crippen LogP contribution in [0.5, 0.6) is 0 Å². The first-order valence-corrected chi connectivity index (χ1v) is 7.59. The van der Waals surface area contributed by atoms with Crippen molar-refractivity contribution >= 4 is 5.69 Å². The van der Waals surface area contributed by atoms with Crippen LogP contribution in [-0.2, 0) is 6.54 Å². The van der Waals surface area contributed by atoms with E-state index in [2.05, 4.69) is 15.0 Å². The second-order valence-corrected chi connectivity index (χ2v) is 5.23. The Morgan fingerprint density at radius 3 is 2.70 bits per heavy atom. The maximum absolute atomic E-state index is 9.67. The largest absolute Gasteiger partial charge is 0.472 e. The summed E-state index contributed by atoms with van der Waals surface area (Å²) in [7, 11) is 0. The molecule has 3 aromatic rings. The summed E-state index contributed by atoms with van der Waals surface area (Å²) in [4.78, 5) is 6.48. The monoisotopic (exact) mass is 313 g/mol. The van der Waals surface area contributed by atoms with Gasteiger partial charge >= 0.3 is 0 Å². The number of hydrogen-bond acceptors (Lipinski definition) is 6. The number of para-hydroxylation sites is 1. The minimum absolute atomic E-state index is 0.0123. The average molecular weight is 313 g/mol. The first kappa shape index (κ1) is 15.3. The molecule has 0 saturated carbocycles. The molecular formula is C17H19N3O3. The molecule has 0 spiro atoms. The first-order valence-electron chi connectivity index (χ1n) is 7.59. The minimum Gasteiger partial charge on any atom is -0.472 e. The van der Waals surface area contributed by atoms with Gasteiger partial charge in [-0.05, 0) is 24.6 Å². The van der Waals surface area contributed by atoms with Gasteiger partial charge in [-0.2, -0.15) is 4.98 Å². The van der Waals surface area contributed by atoms with Gasteiger partial charge in [-0.15, -0.1) is 0 Å². The fourth-order valence-electron chi connectivity index (χ4n) is 2.47. The second-order valence-electron chi connectivity index (χ2n) is 5.23. The van der Waals surface area contributed by atoms with Crippen molar-refractivity contribution in [3.63, 3.8) is 0 Å². The zero-order chi connectivity index (χ0) is 16.1. The van der Waals surface area contributed by atoms with E-state index in [0.717, 1.165) is 17.7 Å². The van der Waals surface area contributed by atoms with Crippen molar-refractivity contribution < 1.29 is 14.0 Å². The average Bonchev–Trinajstić information content (AvgIpc) is 3.27. The lowest BCUT2D eigenvalue weighted by Gasteiger charge is -2.30. The molecule has 1 unspecified atom stereocenters. The number of aliphatic hydroxyl groups is 1. The molecule has 0 aliphatic heterocycles. The maximum atomic E-state index is 9.67. The van der Waals surface area contributed by atoms with Crippen LogP contribution in [0.1, 0.15) is 19.2 Å². The van der Waals surface area contributed by atoms with E-state index in [4.69, 9.17) is 8.94 Å². The van der Waals surface area contributed by atoms with Crippen molar-refractivity contribution in [3.8, 4) is 11.4 Å². The Hall–Kier alpha value is -2.60. The van der Waals surface area contributed by atoms with Gasteiger partial charge in [0.15, 0.2) is 0 Å². The van der Waals surface area contributed by atoms with Gasteiger partial charge < -0.3 is 18.9 Å². The van der Waals surface area contributed by atoms with Crippen LogP contribution in [-0.4, -0.2) is 27.9 Å². The lowest BCUT2D eigenvalue weighted by Crippen LogP contribution is -2.37. The van der Waals surface area contributed by atoms with Crippen molar-refractivity contribution in [2.45, 2.75) is 25.9 Å². The Bertz CT molecular complexity index is 706. The lowest BCUT2D eigenvalue weighted by molar-refractivity contribution is 0.251. The Morgan fingerprint density at radius 2 is 2.04 bits per heavy atom. The summed E-state index contributed by atoms with van der Waals surface area (Å²) in [6.07, 6.45) is 3.96. The summed E-state index contributed by atoms with van der Waals surface area (Å²) in [5, 5.41) is 13.7. The fourth-order valence-corrected chi connectivity index (χ4v) is 2.47. The van der Waals surface area contributed by atoms with Crippen molar-refractivity contribution in [1.82, 2.24) is 10.1 Å². The number of aromatic nitrogens is 2. The fraction of sp³-hybridized carbons (Fsp3) is 0.294. The molecule has 0 aliphatic rings. The number of hydrogen-bond donors (Lipinski definition) is 1. The number of aliphatic hydroxyl groups excluding tert-OH is 1. The second kappa shape index (κ2) is 7.11. The number of benzene rings is 1. The van der Waals surface area contributed by atoms with Gasteiger partial charge in [0.2, 0.25) is 11.7 Å². The Kier molecular flexibility index (Phi) is 4.73. The summed E-state index contributed by atoms with van der Waals surface area (Å²) in [5.41, 5.74) is 1.79. The van der Waals surface area contributed by atoms with Crippen LogP contribution < -0.4 is 4.90 Å². The van der Waals surface area contributed by atoms with Crippen LogP contribution in [0.2, 0.25) is 0 Å². The van der Waals surface area contributed by atoms with Crippen LogP contribution in [0, 0.1) is 0 Å². The molecule has 23 heavy (non-hydrogen) atoms. The van der Waals surface area contributed by atoms with Crippen LogP contribution >= 0.6 is 0 Å². The molecule has 1 aromatic carbocycles. The molecular weight excluding hydrogens is 294 g/mol. The molecule has 1 N–H and O–H groups in total. The van der Waals surface area contributed by atoms with Crippen LogP contribution in [0.3, 0.4) is 0 Å². The lowest BCUT2D eigenvalue weighted by atomic mass is 10.1. The van der Waals surface area contributed by atoms with Gasteiger partial charge in [-0.3, -0.25) is 0 Å². The molecule has 120 valence electrons. The van der Waals surface area contributed by atoms with Crippen molar-refractivity contribution in [2.75, 3.05) is 11.5 Å². The van der Waals surface area contributed by atoms with E-state index in [1.807, 2.05) is 37.3 Å². The third kappa shape index (κ3) is 3.43. The Balaban J connectivity index is 1.84. The predicted octanol–water partition coefficient (Wildman–Crippen LogP) is 3.11. The van der Waals surface area contributed by atoms with Gasteiger partial charge in [0.05, 0.1) is 31.0 Å². The van der Waals surface area contributed by atoms with Crippen LogP contribution in [0.15, 0.2) is 57.9 Å². The van der Waals surface area contributed by atoms with Gasteiger partial charge in [0.1, 0.15) is 6.26 Å². The molecule has 0 saturated heterocycles. The van der Waals surface area contributed by atoms with E-state index in [-0.39, 0.29) is 12.6 Å².